The number of rotatable bonds is 8. The Morgan fingerprint density at radius 2 is 2.00 bits per heavy atom. The Hall–Kier alpha value is -3.36. The number of hydrogen-bond acceptors (Lipinski definition) is 9. The molecule has 1 amide bonds. The van der Waals surface area contributed by atoms with Crippen molar-refractivity contribution >= 4 is 45.5 Å². The van der Waals surface area contributed by atoms with E-state index in [2.05, 4.69) is 26.0 Å². The zero-order valence-electron chi connectivity index (χ0n) is 16.5. The molecule has 0 aromatic heterocycles. The number of nitrogens with zero attached hydrogens (tertiary/aromatic N) is 2. The summed E-state index contributed by atoms with van der Waals surface area (Å²) in [6, 6.07) is 16.5. The quantitative estimate of drug-likeness (QED) is 0.0597. The van der Waals surface area contributed by atoms with Crippen molar-refractivity contribution in [3.8, 4) is 17.4 Å². The van der Waals surface area contributed by atoms with Gasteiger partial charge in [0.1, 0.15) is 23.7 Å². The summed E-state index contributed by atoms with van der Waals surface area (Å²) in [5.74, 6) is -0.742. The van der Waals surface area contributed by atoms with E-state index in [1.54, 1.807) is 35.2 Å². The molecule has 0 spiro atoms. The van der Waals surface area contributed by atoms with Gasteiger partial charge in [0.05, 0.1) is 4.90 Å². The van der Waals surface area contributed by atoms with Gasteiger partial charge in [0.2, 0.25) is 0 Å². The number of amides is 1. The van der Waals surface area contributed by atoms with Crippen LogP contribution in [-0.2, 0) is 24.3 Å². The first kappa shape index (κ1) is 24.9. The maximum Gasteiger partial charge on any atom is 0.294 e. The first-order valence-corrected chi connectivity index (χ1v) is 11.0. The lowest BCUT2D eigenvalue weighted by Crippen LogP contribution is -2.15. The lowest BCUT2D eigenvalue weighted by atomic mass is 10.1. The maximum absolute atomic E-state index is 12.4. The molecule has 0 radical (unpaired) electrons. The third kappa shape index (κ3) is 7.40. The van der Waals surface area contributed by atoms with E-state index in [9.17, 15) is 18.5 Å². The van der Waals surface area contributed by atoms with Crippen LogP contribution in [0, 0.1) is 22.6 Å². The first-order chi connectivity index (χ1) is 15.3. The maximum atomic E-state index is 12.4. The van der Waals surface area contributed by atoms with Crippen molar-refractivity contribution in [2.24, 2.45) is 0 Å². The van der Waals surface area contributed by atoms with Crippen molar-refractivity contribution in [1.82, 2.24) is 0 Å². The Morgan fingerprint density at radius 1 is 1.28 bits per heavy atom. The van der Waals surface area contributed by atoms with Gasteiger partial charge in [0.15, 0.2) is 0 Å². The third-order valence-corrected chi connectivity index (χ3v) is 5.03. The molecule has 2 aromatic carbocycles. The Kier molecular flexibility index (Phi) is 9.24. The highest BCUT2D eigenvalue weighted by atomic mass is 32.2. The Balaban J connectivity index is 2.16. The molecule has 10 nitrogen and oxygen atoms in total. The number of carbonyl (C=O) groups excluding carboxylic acids is 1. The van der Waals surface area contributed by atoms with Crippen LogP contribution < -0.4 is 10.2 Å². The van der Waals surface area contributed by atoms with Crippen LogP contribution in [0.3, 0.4) is 0 Å². The van der Waals surface area contributed by atoms with Gasteiger partial charge in [-0.1, -0.05) is 23.2 Å². The van der Waals surface area contributed by atoms with E-state index >= 15 is 0 Å². The van der Waals surface area contributed by atoms with E-state index in [0.29, 0.717) is 24.2 Å². The molecule has 0 aliphatic rings. The van der Waals surface area contributed by atoms with Crippen LogP contribution in [0.5, 0.6) is 0 Å². The predicted octanol–water partition coefficient (Wildman–Crippen LogP) is 3.29. The van der Waals surface area contributed by atoms with Crippen LogP contribution in [0.2, 0.25) is 0 Å². The van der Waals surface area contributed by atoms with Crippen molar-refractivity contribution in [3.05, 3.63) is 59.7 Å². The first-order valence-electron chi connectivity index (χ1n) is 8.81. The monoisotopic (exact) mass is 475 g/mol. The standard InChI is InChI=1S/C20H17N3O7S2/c1-2-23(10-11-31-30-29-25)18-8-6-15(7-9-18)12-16(14-21)20(24)22-17-4-3-5-19(13-17)32(26,27)28/h3-9,12-13,25H,2H2,1H3,(H,22,24)(H,26,27,28). The average Bonchev–Trinajstić information content (AvgIpc) is 2.77. The second-order valence-electron chi connectivity index (χ2n) is 5.90. The van der Waals surface area contributed by atoms with Crippen LogP contribution in [0.4, 0.5) is 11.4 Å². The Bertz CT molecular complexity index is 1190. The van der Waals surface area contributed by atoms with E-state index in [1.807, 2.05) is 6.92 Å². The highest BCUT2D eigenvalue weighted by Crippen LogP contribution is 2.19. The highest BCUT2D eigenvalue weighted by Gasteiger charge is 2.13. The minimum absolute atomic E-state index is 0.104. The van der Waals surface area contributed by atoms with E-state index in [0.717, 1.165) is 11.8 Å². The molecule has 0 fully saturated rings. The summed E-state index contributed by atoms with van der Waals surface area (Å²) < 4.78 is 35.8. The topological polar surface area (TPSA) is 149 Å². The predicted molar refractivity (Wildman–Crippen MR) is 118 cm³/mol. The fourth-order valence-corrected chi connectivity index (χ4v) is 3.17. The zero-order chi connectivity index (χ0) is 23.6. The molecule has 0 atom stereocenters. The molecule has 0 saturated carbocycles. The summed E-state index contributed by atoms with van der Waals surface area (Å²) in [6.07, 6.45) is 1.37. The van der Waals surface area contributed by atoms with Gasteiger partial charge in [0, 0.05) is 29.2 Å². The van der Waals surface area contributed by atoms with Crippen molar-refractivity contribution in [2.75, 3.05) is 16.8 Å². The molecular weight excluding hydrogens is 458 g/mol. The molecule has 0 bridgehead atoms. The molecule has 0 heterocycles. The summed E-state index contributed by atoms with van der Waals surface area (Å²) in [7, 11) is -4.43. The summed E-state index contributed by atoms with van der Waals surface area (Å²) in [4.78, 5) is 13.7. The van der Waals surface area contributed by atoms with Crippen molar-refractivity contribution < 1.29 is 32.4 Å². The Labute approximate surface area is 188 Å². The van der Waals surface area contributed by atoms with Crippen LogP contribution in [0.1, 0.15) is 12.5 Å². The molecule has 0 aliphatic heterocycles. The van der Waals surface area contributed by atoms with Crippen LogP contribution in [-0.4, -0.2) is 30.7 Å². The van der Waals surface area contributed by atoms with Crippen molar-refractivity contribution in [1.29, 1.82) is 5.26 Å². The van der Waals surface area contributed by atoms with Crippen LogP contribution in [0.15, 0.2) is 59.0 Å². The number of nitrogens with one attached hydrogen (secondary N) is 1. The molecule has 2 rings (SSSR count). The van der Waals surface area contributed by atoms with E-state index < -0.39 is 16.0 Å². The van der Waals surface area contributed by atoms with Gasteiger partial charge in [-0.15, -0.1) is 4.33 Å². The molecule has 166 valence electrons. The average molecular weight is 476 g/mol. The molecule has 12 heteroatoms. The van der Waals surface area contributed by atoms with Gasteiger partial charge in [-0.2, -0.15) is 13.7 Å². The second-order valence-corrected chi connectivity index (χ2v) is 7.83. The molecule has 0 unspecified atom stereocenters. The van der Waals surface area contributed by atoms with Crippen LogP contribution in [0.25, 0.3) is 6.08 Å². The van der Waals surface area contributed by atoms with E-state index in [1.165, 1.54) is 24.3 Å². The van der Waals surface area contributed by atoms with Gasteiger partial charge in [-0.3, -0.25) is 9.35 Å². The second kappa shape index (κ2) is 11.9. The van der Waals surface area contributed by atoms with Gasteiger partial charge >= 0.3 is 0 Å². The van der Waals surface area contributed by atoms with E-state index in [4.69, 9.17) is 9.81 Å². The fraction of sp³-hybridized carbons (Fsp3) is 0.100. The van der Waals surface area contributed by atoms with Gasteiger partial charge in [0.25, 0.3) is 16.0 Å². The molecule has 0 saturated heterocycles. The number of anilines is 2. The molecular formula is C20H17N3O7S2. The van der Waals surface area contributed by atoms with Crippen LogP contribution >= 0.6 is 12.0 Å². The molecule has 0 aliphatic carbocycles. The molecule has 2 aromatic rings. The number of carbonyl (C=O) groups is 1. The Morgan fingerprint density at radius 3 is 2.59 bits per heavy atom. The number of benzene rings is 2. The normalized spacial score (nSPS) is 11.1. The molecule has 32 heavy (non-hydrogen) atoms. The summed E-state index contributed by atoms with van der Waals surface area (Å²) in [5, 5.41) is 25.9. The third-order valence-electron chi connectivity index (χ3n) is 3.87. The van der Waals surface area contributed by atoms with Gasteiger partial charge in [-0.05, 0) is 48.9 Å². The van der Waals surface area contributed by atoms with Gasteiger partial charge < -0.3 is 10.2 Å². The minimum atomic E-state index is -4.43. The lowest BCUT2D eigenvalue weighted by Gasteiger charge is -2.15. The SMILES string of the molecule is CCN(C#CSOOO)c1ccc(C=C(C#N)C(=O)Nc2cccc(S(=O)(=O)O)c2)cc1. The summed E-state index contributed by atoms with van der Waals surface area (Å²) >= 11 is 0.600. The number of hydrogen-bond donors (Lipinski definition) is 3. The van der Waals surface area contributed by atoms with Gasteiger partial charge in [-0.25, -0.2) is 5.26 Å². The summed E-state index contributed by atoms with van der Waals surface area (Å²) in [6.45, 7) is 2.43. The minimum Gasteiger partial charge on any atom is -0.321 e. The van der Waals surface area contributed by atoms with Crippen molar-refractivity contribution in [2.45, 2.75) is 11.8 Å². The highest BCUT2D eigenvalue weighted by molar-refractivity contribution is 7.99. The largest absolute Gasteiger partial charge is 0.321 e. The molecule has 3 N–H and O–H groups in total. The number of nitriles is 1. The smallest absolute Gasteiger partial charge is 0.294 e. The summed E-state index contributed by atoms with van der Waals surface area (Å²) in [5.41, 5.74) is 1.21. The zero-order valence-corrected chi connectivity index (χ0v) is 18.2. The fourth-order valence-electron chi connectivity index (χ4n) is 2.43. The lowest BCUT2D eigenvalue weighted by molar-refractivity contribution is -0.431. The van der Waals surface area contributed by atoms with Crippen molar-refractivity contribution in [3.63, 3.8) is 0 Å². The van der Waals surface area contributed by atoms with E-state index in [-0.39, 0.29) is 16.2 Å².